The normalized spacial score (nSPS) is 12.9. The van der Waals surface area contributed by atoms with Gasteiger partial charge in [0.2, 0.25) is 0 Å². The maximum atomic E-state index is 13.2. The molecule has 1 rings (SSSR count). The van der Waals surface area contributed by atoms with Gasteiger partial charge in [-0.05, 0) is 35.8 Å². The third kappa shape index (κ3) is 7.63. The van der Waals surface area contributed by atoms with Crippen LogP contribution in [0.2, 0.25) is 0 Å². The lowest BCUT2D eigenvalue weighted by Gasteiger charge is -2.18. The van der Waals surface area contributed by atoms with Crippen molar-refractivity contribution in [1.82, 2.24) is 0 Å². The van der Waals surface area contributed by atoms with Gasteiger partial charge in [0.25, 0.3) is 0 Å². The zero-order valence-corrected chi connectivity index (χ0v) is 15.5. The van der Waals surface area contributed by atoms with Gasteiger partial charge in [0.15, 0.2) is 9.84 Å². The van der Waals surface area contributed by atoms with Crippen LogP contribution in [0, 0.1) is 5.41 Å². The van der Waals surface area contributed by atoms with E-state index in [4.69, 9.17) is 5.73 Å². The zero-order valence-electron chi connectivity index (χ0n) is 13.0. The van der Waals surface area contributed by atoms with Crippen molar-refractivity contribution in [3.8, 4) is 0 Å². The van der Waals surface area contributed by atoms with Gasteiger partial charge in [-0.2, -0.15) is 0 Å². The van der Waals surface area contributed by atoms with Gasteiger partial charge in [0.05, 0.1) is 10.6 Å². The highest BCUT2D eigenvalue weighted by atomic mass is 35.5. The molecule has 0 aliphatic heterocycles. The molecular formula is C15H23ClFNO2S2. The Bertz CT molecular complexity index is 593. The molecule has 0 amide bonds. The van der Waals surface area contributed by atoms with Crippen LogP contribution >= 0.6 is 24.2 Å². The van der Waals surface area contributed by atoms with Crippen LogP contribution in [-0.4, -0.2) is 26.5 Å². The molecule has 22 heavy (non-hydrogen) atoms. The molecule has 3 nitrogen and oxygen atoms in total. The number of sulfone groups is 1. The maximum Gasteiger partial charge on any atom is 0.178 e. The first-order valence-electron chi connectivity index (χ1n) is 6.64. The lowest BCUT2D eigenvalue weighted by molar-refractivity contribution is 0.461. The molecule has 0 atom stereocenters. The molecule has 1 aromatic rings. The van der Waals surface area contributed by atoms with Crippen LogP contribution in [0.3, 0.4) is 0 Å². The molecule has 1 aromatic carbocycles. The highest BCUT2D eigenvalue weighted by Gasteiger charge is 2.23. The maximum absolute atomic E-state index is 13.2. The highest BCUT2D eigenvalue weighted by Crippen LogP contribution is 2.25. The monoisotopic (exact) mass is 367 g/mol. The van der Waals surface area contributed by atoms with Gasteiger partial charge in [-0.3, -0.25) is 0 Å². The number of halogens is 2. The summed E-state index contributed by atoms with van der Waals surface area (Å²) in [4.78, 5) is 1.13. The summed E-state index contributed by atoms with van der Waals surface area (Å²) in [5.41, 5.74) is 4.93. The van der Waals surface area contributed by atoms with E-state index in [2.05, 4.69) is 0 Å². The standard InChI is InChI=1S/C15H22FNO2S2.ClH/c1-15(2,3)11-21(18,19)14-6-4-13(5-7-14)20-10-12(16)8-9-17;/h4-8H,9-11,17H2,1-3H3;1H/b12-8+;. The number of hydrogen-bond acceptors (Lipinski definition) is 4. The number of hydrogen-bond donors (Lipinski definition) is 1. The molecule has 0 saturated heterocycles. The van der Waals surface area contributed by atoms with Gasteiger partial charge in [-0.15, -0.1) is 24.2 Å². The largest absolute Gasteiger partial charge is 0.327 e. The molecule has 0 saturated carbocycles. The van der Waals surface area contributed by atoms with Crippen LogP contribution in [-0.2, 0) is 9.84 Å². The summed E-state index contributed by atoms with van der Waals surface area (Å²) in [6, 6.07) is 6.56. The third-order valence-corrected chi connectivity index (χ3v) is 5.78. The summed E-state index contributed by atoms with van der Waals surface area (Å²) in [6.07, 6.45) is 1.33. The minimum Gasteiger partial charge on any atom is -0.327 e. The van der Waals surface area contributed by atoms with E-state index in [0.29, 0.717) is 4.90 Å². The van der Waals surface area contributed by atoms with E-state index < -0.39 is 9.84 Å². The topological polar surface area (TPSA) is 60.2 Å². The summed E-state index contributed by atoms with van der Waals surface area (Å²) < 4.78 is 37.6. The van der Waals surface area contributed by atoms with E-state index in [1.807, 2.05) is 20.8 Å². The first kappa shape index (κ1) is 21.4. The fourth-order valence-corrected chi connectivity index (χ4v) is 4.34. The molecule has 0 heterocycles. The second-order valence-electron chi connectivity index (χ2n) is 5.97. The highest BCUT2D eigenvalue weighted by molar-refractivity contribution is 7.99. The van der Waals surface area contributed by atoms with Gasteiger partial charge in [0, 0.05) is 17.2 Å². The summed E-state index contributed by atoms with van der Waals surface area (Å²) in [5.74, 6) is 0.0259. The van der Waals surface area contributed by atoms with Gasteiger partial charge in [-0.25, -0.2) is 12.8 Å². The Balaban J connectivity index is 0.00000441. The minimum absolute atomic E-state index is 0. The SMILES string of the molecule is CC(C)(C)CS(=O)(=O)c1ccc(SC/C(F)=C\CN)cc1.Cl. The molecular weight excluding hydrogens is 345 g/mol. The van der Waals surface area contributed by atoms with Crippen LogP contribution < -0.4 is 5.73 Å². The van der Waals surface area contributed by atoms with Gasteiger partial charge in [0.1, 0.15) is 5.83 Å². The van der Waals surface area contributed by atoms with Crippen LogP contribution in [0.5, 0.6) is 0 Å². The van der Waals surface area contributed by atoms with Crippen molar-refractivity contribution in [3.63, 3.8) is 0 Å². The van der Waals surface area contributed by atoms with Gasteiger partial charge >= 0.3 is 0 Å². The molecule has 0 aromatic heterocycles. The predicted octanol–water partition coefficient (Wildman–Crippen LogP) is 3.83. The fourth-order valence-electron chi connectivity index (χ4n) is 1.74. The van der Waals surface area contributed by atoms with Gasteiger partial charge in [-0.1, -0.05) is 20.8 Å². The first-order chi connectivity index (χ1) is 9.64. The Hall–Kier alpha value is -0.560. The van der Waals surface area contributed by atoms with Gasteiger partial charge < -0.3 is 5.73 Å². The summed E-state index contributed by atoms with van der Waals surface area (Å²) in [5, 5.41) is 0. The third-order valence-electron chi connectivity index (χ3n) is 2.52. The van der Waals surface area contributed by atoms with Crippen molar-refractivity contribution in [1.29, 1.82) is 0 Å². The Kier molecular flexibility index (Phi) is 8.69. The quantitative estimate of drug-likeness (QED) is 0.776. The Morgan fingerprint density at radius 2 is 1.82 bits per heavy atom. The smallest absolute Gasteiger partial charge is 0.178 e. The van der Waals surface area contributed by atoms with Crippen molar-refractivity contribution in [2.45, 2.75) is 30.6 Å². The molecule has 0 bridgehead atoms. The molecule has 0 fully saturated rings. The van der Waals surface area contributed by atoms with E-state index >= 15 is 0 Å². The zero-order chi connectivity index (χ0) is 16.1. The van der Waals surface area contributed by atoms with Crippen molar-refractivity contribution >= 4 is 34.0 Å². The van der Waals surface area contributed by atoms with Crippen molar-refractivity contribution in [2.75, 3.05) is 18.1 Å². The van der Waals surface area contributed by atoms with Crippen molar-refractivity contribution in [2.24, 2.45) is 11.1 Å². The number of nitrogens with two attached hydrogens (primary N) is 1. The summed E-state index contributed by atoms with van der Waals surface area (Å²) in [7, 11) is -3.29. The molecule has 126 valence electrons. The number of thioether (sulfide) groups is 1. The first-order valence-corrected chi connectivity index (χ1v) is 9.28. The molecule has 0 aliphatic rings. The predicted molar refractivity (Wildman–Crippen MR) is 94.2 cm³/mol. The molecule has 7 heteroatoms. The van der Waals surface area contributed by atoms with E-state index in [9.17, 15) is 12.8 Å². The lowest BCUT2D eigenvalue weighted by atomic mass is 10.0. The average molecular weight is 368 g/mol. The molecule has 0 unspecified atom stereocenters. The summed E-state index contributed by atoms with van der Waals surface area (Å²) in [6.45, 7) is 5.85. The van der Waals surface area contributed by atoms with Crippen LogP contribution in [0.25, 0.3) is 0 Å². The molecule has 2 N–H and O–H groups in total. The van der Waals surface area contributed by atoms with Crippen LogP contribution in [0.4, 0.5) is 4.39 Å². The Labute approximate surface area is 142 Å². The molecule has 0 aliphatic carbocycles. The van der Waals surface area contributed by atoms with Crippen molar-refractivity contribution in [3.05, 3.63) is 36.2 Å². The van der Waals surface area contributed by atoms with E-state index in [0.717, 1.165) is 4.90 Å². The average Bonchev–Trinajstić information content (AvgIpc) is 2.34. The van der Waals surface area contributed by atoms with Crippen LogP contribution in [0.1, 0.15) is 20.8 Å². The molecule has 0 spiro atoms. The molecule has 0 radical (unpaired) electrons. The Morgan fingerprint density at radius 3 is 2.27 bits per heavy atom. The summed E-state index contributed by atoms with van der Waals surface area (Å²) >= 11 is 1.31. The van der Waals surface area contributed by atoms with E-state index in [1.165, 1.54) is 17.8 Å². The van der Waals surface area contributed by atoms with Crippen molar-refractivity contribution < 1.29 is 12.8 Å². The van der Waals surface area contributed by atoms with Crippen LogP contribution in [0.15, 0.2) is 46.0 Å². The second kappa shape index (κ2) is 8.91. The Morgan fingerprint density at radius 1 is 1.27 bits per heavy atom. The fraction of sp³-hybridized carbons (Fsp3) is 0.467. The minimum atomic E-state index is -3.29. The van der Waals surface area contributed by atoms with E-state index in [-0.39, 0.29) is 41.7 Å². The lowest BCUT2D eigenvalue weighted by Crippen LogP contribution is -2.20. The number of benzene rings is 1. The second-order valence-corrected chi connectivity index (χ2v) is 9.00. The number of rotatable bonds is 6. The van der Waals surface area contributed by atoms with E-state index in [1.54, 1.807) is 24.3 Å².